The van der Waals surface area contributed by atoms with Crippen molar-refractivity contribution in [2.45, 2.75) is 25.3 Å². The first kappa shape index (κ1) is 12.6. The van der Waals surface area contributed by atoms with Crippen LogP contribution < -0.4 is 10.5 Å². The van der Waals surface area contributed by atoms with Crippen molar-refractivity contribution in [2.75, 3.05) is 7.11 Å². The van der Waals surface area contributed by atoms with Gasteiger partial charge in [0, 0.05) is 24.0 Å². The van der Waals surface area contributed by atoms with Gasteiger partial charge in [0.2, 0.25) is 0 Å². The number of fused-ring (bicyclic) bond motifs is 1. The van der Waals surface area contributed by atoms with Gasteiger partial charge in [0.1, 0.15) is 5.75 Å². The van der Waals surface area contributed by atoms with Crippen molar-refractivity contribution >= 4 is 11.6 Å². The molecule has 1 aromatic carbocycles. The second-order valence-corrected chi connectivity index (χ2v) is 5.31. The van der Waals surface area contributed by atoms with Crippen molar-refractivity contribution in [3.8, 4) is 11.4 Å². The number of nitrogens with zero attached hydrogens (tertiary/aromatic N) is 1. The van der Waals surface area contributed by atoms with Crippen LogP contribution >= 0.6 is 11.6 Å². The monoisotopic (exact) mass is 276 g/mol. The van der Waals surface area contributed by atoms with E-state index in [1.54, 1.807) is 7.11 Å². The molecule has 1 atom stereocenters. The molecule has 0 bridgehead atoms. The Morgan fingerprint density at radius 3 is 3.00 bits per heavy atom. The highest BCUT2D eigenvalue weighted by molar-refractivity contribution is 6.32. The third kappa shape index (κ3) is 2.13. The van der Waals surface area contributed by atoms with Gasteiger partial charge in [-0.05, 0) is 43.0 Å². The predicted octanol–water partition coefficient (Wildman–Crippen LogP) is 3.48. The highest BCUT2D eigenvalue weighted by Gasteiger charge is 2.21. The molecule has 19 heavy (non-hydrogen) atoms. The molecule has 0 saturated heterocycles. The van der Waals surface area contributed by atoms with E-state index in [1.165, 1.54) is 11.3 Å². The lowest BCUT2D eigenvalue weighted by Crippen LogP contribution is -2.17. The lowest BCUT2D eigenvalue weighted by Gasteiger charge is -2.21. The van der Waals surface area contributed by atoms with E-state index in [0.29, 0.717) is 0 Å². The van der Waals surface area contributed by atoms with E-state index >= 15 is 0 Å². The Balaban J connectivity index is 2.12. The van der Waals surface area contributed by atoms with Crippen molar-refractivity contribution in [3.05, 3.63) is 46.7 Å². The number of ether oxygens (including phenoxy) is 1. The van der Waals surface area contributed by atoms with Gasteiger partial charge in [-0.2, -0.15) is 0 Å². The van der Waals surface area contributed by atoms with Crippen LogP contribution in [0.4, 0.5) is 0 Å². The van der Waals surface area contributed by atoms with E-state index in [2.05, 4.69) is 16.8 Å². The Morgan fingerprint density at radius 1 is 1.37 bits per heavy atom. The normalized spacial score (nSPS) is 18.2. The lowest BCUT2D eigenvalue weighted by atomic mass is 9.93. The zero-order valence-electron chi connectivity index (χ0n) is 10.9. The largest absolute Gasteiger partial charge is 0.497 e. The van der Waals surface area contributed by atoms with Crippen LogP contribution in [0.5, 0.6) is 5.75 Å². The average Bonchev–Trinajstić information content (AvgIpc) is 2.85. The SMILES string of the molecule is COc1ccc(Cl)c(-n2ccc3c2CCCC3N)c1. The maximum atomic E-state index is 6.32. The fourth-order valence-electron chi connectivity index (χ4n) is 2.76. The molecule has 0 amide bonds. The molecule has 0 fully saturated rings. The summed E-state index contributed by atoms with van der Waals surface area (Å²) >= 11 is 6.32. The molecule has 2 N–H and O–H groups in total. The zero-order valence-corrected chi connectivity index (χ0v) is 11.7. The van der Waals surface area contributed by atoms with Gasteiger partial charge in [-0.1, -0.05) is 11.6 Å². The molecule has 3 nitrogen and oxygen atoms in total. The molecular weight excluding hydrogens is 260 g/mol. The highest BCUT2D eigenvalue weighted by atomic mass is 35.5. The van der Waals surface area contributed by atoms with Crippen LogP contribution in [-0.2, 0) is 6.42 Å². The Morgan fingerprint density at radius 2 is 2.21 bits per heavy atom. The quantitative estimate of drug-likeness (QED) is 0.912. The summed E-state index contributed by atoms with van der Waals surface area (Å²) in [6.07, 6.45) is 5.28. The Labute approximate surface area is 117 Å². The Kier molecular flexibility index (Phi) is 3.25. The van der Waals surface area contributed by atoms with Crippen molar-refractivity contribution < 1.29 is 4.74 Å². The molecule has 1 aliphatic rings. The topological polar surface area (TPSA) is 40.2 Å². The third-order valence-electron chi connectivity index (χ3n) is 3.77. The van der Waals surface area contributed by atoms with Crippen LogP contribution in [0.15, 0.2) is 30.5 Å². The number of methoxy groups -OCH3 is 1. The van der Waals surface area contributed by atoms with E-state index < -0.39 is 0 Å². The minimum Gasteiger partial charge on any atom is -0.497 e. The van der Waals surface area contributed by atoms with E-state index in [-0.39, 0.29) is 6.04 Å². The van der Waals surface area contributed by atoms with Gasteiger partial charge < -0.3 is 15.0 Å². The molecule has 100 valence electrons. The van der Waals surface area contributed by atoms with Crippen LogP contribution in [0.25, 0.3) is 5.69 Å². The molecule has 0 aliphatic heterocycles. The van der Waals surface area contributed by atoms with E-state index in [0.717, 1.165) is 35.7 Å². The summed E-state index contributed by atoms with van der Waals surface area (Å²) in [5, 5.41) is 0.721. The van der Waals surface area contributed by atoms with Crippen LogP contribution in [0, 0.1) is 0 Å². The second-order valence-electron chi connectivity index (χ2n) is 4.90. The standard InChI is InChI=1S/C15H17ClN2O/c1-19-10-5-6-12(16)15(9-10)18-8-7-11-13(17)3-2-4-14(11)18/h5-9,13H,2-4,17H2,1H3. The highest BCUT2D eigenvalue weighted by Crippen LogP contribution is 2.33. The first-order valence-electron chi connectivity index (χ1n) is 6.50. The lowest BCUT2D eigenvalue weighted by molar-refractivity contribution is 0.414. The summed E-state index contributed by atoms with van der Waals surface area (Å²) in [6.45, 7) is 0. The van der Waals surface area contributed by atoms with Crippen molar-refractivity contribution in [2.24, 2.45) is 5.73 Å². The van der Waals surface area contributed by atoms with Gasteiger partial charge in [0.15, 0.2) is 0 Å². The summed E-state index contributed by atoms with van der Waals surface area (Å²) in [5.74, 6) is 0.807. The van der Waals surface area contributed by atoms with E-state index in [1.807, 2.05) is 18.2 Å². The average molecular weight is 277 g/mol. The van der Waals surface area contributed by atoms with Gasteiger partial charge in [0.05, 0.1) is 17.8 Å². The summed E-state index contributed by atoms with van der Waals surface area (Å²) in [4.78, 5) is 0. The summed E-state index contributed by atoms with van der Waals surface area (Å²) in [6, 6.07) is 7.95. The molecule has 1 aliphatic carbocycles. The summed E-state index contributed by atoms with van der Waals surface area (Å²) in [7, 11) is 1.66. The number of hydrogen-bond acceptors (Lipinski definition) is 2. The smallest absolute Gasteiger partial charge is 0.121 e. The van der Waals surface area contributed by atoms with Gasteiger partial charge in [0.25, 0.3) is 0 Å². The molecule has 1 heterocycles. The number of rotatable bonds is 2. The molecule has 0 spiro atoms. The first-order chi connectivity index (χ1) is 9.20. The predicted molar refractivity (Wildman–Crippen MR) is 77.2 cm³/mol. The van der Waals surface area contributed by atoms with E-state index in [4.69, 9.17) is 22.1 Å². The van der Waals surface area contributed by atoms with Crippen LogP contribution in [0.1, 0.15) is 30.1 Å². The van der Waals surface area contributed by atoms with Crippen LogP contribution in [0.2, 0.25) is 5.02 Å². The number of hydrogen-bond donors (Lipinski definition) is 1. The van der Waals surface area contributed by atoms with Gasteiger partial charge in [-0.25, -0.2) is 0 Å². The zero-order chi connectivity index (χ0) is 13.4. The van der Waals surface area contributed by atoms with Crippen molar-refractivity contribution in [1.29, 1.82) is 0 Å². The fraction of sp³-hybridized carbons (Fsp3) is 0.333. The summed E-state index contributed by atoms with van der Waals surface area (Å²) in [5.41, 5.74) is 9.63. The molecular formula is C15H17ClN2O. The molecule has 0 radical (unpaired) electrons. The second kappa shape index (κ2) is 4.91. The van der Waals surface area contributed by atoms with Crippen LogP contribution in [-0.4, -0.2) is 11.7 Å². The molecule has 0 saturated carbocycles. The third-order valence-corrected chi connectivity index (χ3v) is 4.09. The Bertz CT molecular complexity index is 606. The fourth-order valence-corrected chi connectivity index (χ4v) is 2.97. The van der Waals surface area contributed by atoms with Gasteiger partial charge in [-0.15, -0.1) is 0 Å². The maximum absolute atomic E-state index is 6.32. The van der Waals surface area contributed by atoms with Crippen molar-refractivity contribution in [1.82, 2.24) is 4.57 Å². The minimum absolute atomic E-state index is 0.148. The number of benzene rings is 1. The summed E-state index contributed by atoms with van der Waals surface area (Å²) < 4.78 is 7.41. The Hall–Kier alpha value is -1.45. The van der Waals surface area contributed by atoms with Crippen LogP contribution in [0.3, 0.4) is 0 Å². The first-order valence-corrected chi connectivity index (χ1v) is 6.88. The number of aromatic nitrogens is 1. The molecule has 3 rings (SSSR count). The van der Waals surface area contributed by atoms with Gasteiger partial charge in [-0.3, -0.25) is 0 Å². The number of nitrogens with two attached hydrogens (primary N) is 1. The molecule has 2 aromatic rings. The van der Waals surface area contributed by atoms with E-state index in [9.17, 15) is 0 Å². The van der Waals surface area contributed by atoms with Gasteiger partial charge >= 0.3 is 0 Å². The molecule has 4 heteroatoms. The van der Waals surface area contributed by atoms with Crippen molar-refractivity contribution in [3.63, 3.8) is 0 Å². The molecule has 1 unspecified atom stereocenters. The minimum atomic E-state index is 0.148. The maximum Gasteiger partial charge on any atom is 0.121 e. The molecule has 1 aromatic heterocycles. The number of halogens is 1.